The Hall–Kier alpha value is -1.23. The lowest BCUT2D eigenvalue weighted by Crippen LogP contribution is -2.39. The highest BCUT2D eigenvalue weighted by molar-refractivity contribution is 5.56. The molecule has 110 valence electrons. The number of anilines is 1. The van der Waals surface area contributed by atoms with Gasteiger partial charge >= 0.3 is 6.18 Å². The second-order valence-electron chi connectivity index (χ2n) is 5.69. The van der Waals surface area contributed by atoms with E-state index in [2.05, 4.69) is 5.32 Å². The summed E-state index contributed by atoms with van der Waals surface area (Å²) in [5, 5.41) is 3.37. The Bertz CT molecular complexity index is 462. The summed E-state index contributed by atoms with van der Waals surface area (Å²) in [6.07, 6.45) is -0.119. The van der Waals surface area contributed by atoms with Crippen LogP contribution in [-0.2, 0) is 6.18 Å². The molecule has 1 atom stereocenters. The number of benzene rings is 1. The summed E-state index contributed by atoms with van der Waals surface area (Å²) in [5.74, 6) is 0. The van der Waals surface area contributed by atoms with E-state index in [4.69, 9.17) is 0 Å². The van der Waals surface area contributed by atoms with Crippen molar-refractivity contribution in [2.75, 3.05) is 18.0 Å². The van der Waals surface area contributed by atoms with Gasteiger partial charge < -0.3 is 10.2 Å². The van der Waals surface area contributed by atoms with Gasteiger partial charge in [-0.15, -0.1) is 0 Å². The van der Waals surface area contributed by atoms with Gasteiger partial charge in [-0.05, 0) is 44.4 Å². The van der Waals surface area contributed by atoms with Crippen LogP contribution in [-0.4, -0.2) is 25.2 Å². The molecular weight excluding hydrogens is 265 g/mol. The number of alkyl halides is 3. The highest BCUT2D eigenvalue weighted by atomic mass is 19.4. The summed E-state index contributed by atoms with van der Waals surface area (Å²) in [6, 6.07) is 6.55. The fourth-order valence-electron chi connectivity index (χ4n) is 2.94. The van der Waals surface area contributed by atoms with Crippen molar-refractivity contribution in [1.82, 2.24) is 5.32 Å². The lowest BCUT2D eigenvalue weighted by atomic mass is 10.1. The Morgan fingerprint density at radius 2 is 1.90 bits per heavy atom. The maximum absolute atomic E-state index is 13.2. The van der Waals surface area contributed by atoms with Crippen LogP contribution in [0.1, 0.15) is 31.2 Å². The molecule has 1 saturated heterocycles. The SMILES string of the molecule is FC(F)(F)c1ccccc1N(CC1CCCN1)C1CC1. The first-order valence-electron chi connectivity index (χ1n) is 7.22. The second kappa shape index (κ2) is 5.28. The van der Waals surface area contributed by atoms with Gasteiger partial charge in [0.05, 0.1) is 5.56 Å². The summed E-state index contributed by atoms with van der Waals surface area (Å²) < 4.78 is 39.5. The van der Waals surface area contributed by atoms with Crippen molar-refractivity contribution in [2.24, 2.45) is 0 Å². The molecule has 0 amide bonds. The molecule has 1 aliphatic heterocycles. The third kappa shape index (κ3) is 2.92. The molecule has 0 spiro atoms. The smallest absolute Gasteiger partial charge is 0.366 e. The Morgan fingerprint density at radius 3 is 2.50 bits per heavy atom. The van der Waals surface area contributed by atoms with Crippen molar-refractivity contribution in [3.8, 4) is 0 Å². The third-order valence-electron chi connectivity index (χ3n) is 4.09. The fourth-order valence-corrected chi connectivity index (χ4v) is 2.94. The summed E-state index contributed by atoms with van der Waals surface area (Å²) in [4.78, 5) is 1.96. The van der Waals surface area contributed by atoms with Crippen LogP contribution >= 0.6 is 0 Å². The van der Waals surface area contributed by atoms with Gasteiger partial charge in [-0.1, -0.05) is 12.1 Å². The molecule has 0 bridgehead atoms. The van der Waals surface area contributed by atoms with E-state index in [9.17, 15) is 13.2 Å². The molecule has 1 heterocycles. The van der Waals surface area contributed by atoms with E-state index in [0.717, 1.165) is 32.2 Å². The summed E-state index contributed by atoms with van der Waals surface area (Å²) in [6.45, 7) is 1.65. The normalized spacial score (nSPS) is 23.1. The zero-order valence-corrected chi connectivity index (χ0v) is 11.3. The molecule has 0 aromatic heterocycles. The van der Waals surface area contributed by atoms with Crippen LogP contribution in [0.15, 0.2) is 24.3 Å². The number of halogens is 3. The molecule has 1 aromatic carbocycles. The first kappa shape index (κ1) is 13.7. The Kier molecular flexibility index (Phi) is 3.63. The van der Waals surface area contributed by atoms with Crippen LogP contribution in [0.2, 0.25) is 0 Å². The Balaban J connectivity index is 1.87. The summed E-state index contributed by atoms with van der Waals surface area (Å²) in [5.41, 5.74) is -0.166. The van der Waals surface area contributed by atoms with Gasteiger partial charge in [-0.25, -0.2) is 0 Å². The minimum atomic E-state index is -4.28. The average Bonchev–Trinajstić information content (AvgIpc) is 3.12. The van der Waals surface area contributed by atoms with Gasteiger partial charge in [0, 0.05) is 24.3 Å². The van der Waals surface area contributed by atoms with Gasteiger partial charge in [0.1, 0.15) is 0 Å². The minimum absolute atomic E-state index is 0.279. The highest BCUT2D eigenvalue weighted by Crippen LogP contribution is 2.40. The monoisotopic (exact) mass is 284 g/mol. The zero-order chi connectivity index (χ0) is 14.2. The van der Waals surface area contributed by atoms with Crippen molar-refractivity contribution in [2.45, 2.75) is 43.9 Å². The molecule has 1 N–H and O–H groups in total. The average molecular weight is 284 g/mol. The number of rotatable bonds is 4. The molecule has 20 heavy (non-hydrogen) atoms. The molecule has 1 unspecified atom stereocenters. The third-order valence-corrected chi connectivity index (χ3v) is 4.09. The molecule has 2 aliphatic rings. The maximum Gasteiger partial charge on any atom is 0.418 e. The van der Waals surface area contributed by atoms with Crippen molar-refractivity contribution >= 4 is 5.69 Å². The Labute approximate surface area is 117 Å². The molecule has 2 nitrogen and oxygen atoms in total. The topological polar surface area (TPSA) is 15.3 Å². The molecule has 0 radical (unpaired) electrons. The van der Waals surface area contributed by atoms with Gasteiger partial charge in [0.2, 0.25) is 0 Å². The zero-order valence-electron chi connectivity index (χ0n) is 11.3. The first-order valence-corrected chi connectivity index (χ1v) is 7.22. The molecule has 5 heteroatoms. The lowest BCUT2D eigenvalue weighted by Gasteiger charge is -2.30. The fraction of sp³-hybridized carbons (Fsp3) is 0.600. The van der Waals surface area contributed by atoms with E-state index >= 15 is 0 Å². The predicted molar refractivity (Wildman–Crippen MR) is 72.8 cm³/mol. The van der Waals surface area contributed by atoms with Crippen molar-refractivity contribution in [1.29, 1.82) is 0 Å². The summed E-state index contributed by atoms with van der Waals surface area (Å²) >= 11 is 0. The molecule has 1 aliphatic carbocycles. The van der Waals surface area contributed by atoms with E-state index in [0.29, 0.717) is 18.3 Å². The van der Waals surface area contributed by atoms with E-state index in [1.54, 1.807) is 12.1 Å². The molecule has 1 aromatic rings. The van der Waals surface area contributed by atoms with E-state index in [-0.39, 0.29) is 6.04 Å². The van der Waals surface area contributed by atoms with Crippen LogP contribution < -0.4 is 10.2 Å². The van der Waals surface area contributed by atoms with Crippen LogP contribution in [0.3, 0.4) is 0 Å². The quantitative estimate of drug-likeness (QED) is 0.911. The van der Waals surface area contributed by atoms with Crippen LogP contribution in [0, 0.1) is 0 Å². The molecule has 1 saturated carbocycles. The lowest BCUT2D eigenvalue weighted by molar-refractivity contribution is -0.137. The van der Waals surface area contributed by atoms with Crippen LogP contribution in [0.25, 0.3) is 0 Å². The molecule has 2 fully saturated rings. The standard InChI is InChI=1S/C15H19F3N2/c16-15(17,18)13-5-1-2-6-14(13)20(12-7-8-12)10-11-4-3-9-19-11/h1-2,5-6,11-12,19H,3-4,7-10H2. The number of hydrogen-bond donors (Lipinski definition) is 1. The molecular formula is C15H19F3N2. The van der Waals surface area contributed by atoms with E-state index in [1.807, 2.05) is 4.90 Å². The second-order valence-corrected chi connectivity index (χ2v) is 5.69. The largest absolute Gasteiger partial charge is 0.418 e. The predicted octanol–water partition coefficient (Wildman–Crippen LogP) is 3.43. The Morgan fingerprint density at radius 1 is 1.15 bits per heavy atom. The highest BCUT2D eigenvalue weighted by Gasteiger charge is 2.38. The maximum atomic E-state index is 13.2. The van der Waals surface area contributed by atoms with Gasteiger partial charge in [-0.2, -0.15) is 13.2 Å². The van der Waals surface area contributed by atoms with Crippen molar-refractivity contribution < 1.29 is 13.2 Å². The number of hydrogen-bond acceptors (Lipinski definition) is 2. The van der Waals surface area contributed by atoms with Crippen LogP contribution in [0.5, 0.6) is 0 Å². The van der Waals surface area contributed by atoms with E-state index < -0.39 is 11.7 Å². The van der Waals surface area contributed by atoms with Crippen LogP contribution in [0.4, 0.5) is 18.9 Å². The van der Waals surface area contributed by atoms with Crippen molar-refractivity contribution in [3.63, 3.8) is 0 Å². The number of nitrogens with one attached hydrogen (secondary N) is 1. The van der Waals surface area contributed by atoms with Crippen molar-refractivity contribution in [3.05, 3.63) is 29.8 Å². The van der Waals surface area contributed by atoms with Gasteiger partial charge in [-0.3, -0.25) is 0 Å². The van der Waals surface area contributed by atoms with E-state index in [1.165, 1.54) is 12.1 Å². The first-order chi connectivity index (χ1) is 9.55. The summed E-state index contributed by atoms with van der Waals surface area (Å²) in [7, 11) is 0. The number of nitrogens with zero attached hydrogens (tertiary/aromatic N) is 1. The molecule has 3 rings (SSSR count). The van der Waals surface area contributed by atoms with Gasteiger partial charge in [0.15, 0.2) is 0 Å². The number of para-hydroxylation sites is 1. The minimum Gasteiger partial charge on any atom is -0.366 e. The van der Waals surface area contributed by atoms with Gasteiger partial charge in [0.25, 0.3) is 0 Å².